The second-order valence-electron chi connectivity index (χ2n) is 7.44. The molecule has 154 valence electrons. The fourth-order valence-electron chi connectivity index (χ4n) is 3.01. The van der Waals surface area contributed by atoms with Gasteiger partial charge in [-0.2, -0.15) is 0 Å². The van der Waals surface area contributed by atoms with Crippen LogP contribution >= 0.6 is 0 Å². The lowest BCUT2D eigenvalue weighted by Crippen LogP contribution is -2.24. The van der Waals surface area contributed by atoms with Gasteiger partial charge in [0.1, 0.15) is 0 Å². The molecule has 2 N–H and O–H groups in total. The third-order valence-electron chi connectivity index (χ3n) is 4.76. The van der Waals surface area contributed by atoms with Gasteiger partial charge in [0.05, 0.1) is 0 Å². The lowest BCUT2D eigenvalue weighted by molar-refractivity contribution is -0.122. The fraction of sp³-hybridized carbons (Fsp3) is 0.909. The molecule has 0 aliphatic heterocycles. The summed E-state index contributed by atoms with van der Waals surface area (Å²) in [5.41, 5.74) is 0. The van der Waals surface area contributed by atoms with Crippen LogP contribution < -0.4 is 10.6 Å². The number of amides is 2. The van der Waals surface area contributed by atoms with Crippen molar-refractivity contribution < 1.29 is 9.59 Å². The first kappa shape index (κ1) is 24.9. The minimum absolute atomic E-state index is 0.206. The Morgan fingerprint density at radius 2 is 0.846 bits per heavy atom. The maximum atomic E-state index is 11.7. The SMILES string of the molecule is CCCCCCNC(=O)CCCCCCCCC(=O)NCCCCCC. The van der Waals surface area contributed by atoms with E-state index in [-0.39, 0.29) is 11.8 Å². The summed E-state index contributed by atoms with van der Waals surface area (Å²) in [5.74, 6) is 0.411. The van der Waals surface area contributed by atoms with Crippen LogP contribution in [0.2, 0.25) is 0 Å². The predicted molar refractivity (Wildman–Crippen MR) is 111 cm³/mol. The molecule has 2 amide bonds. The van der Waals surface area contributed by atoms with Crippen molar-refractivity contribution in [3.05, 3.63) is 0 Å². The molecule has 0 spiro atoms. The maximum absolute atomic E-state index is 11.7. The maximum Gasteiger partial charge on any atom is 0.219 e. The Hall–Kier alpha value is -1.06. The van der Waals surface area contributed by atoms with Crippen LogP contribution in [0.15, 0.2) is 0 Å². The Morgan fingerprint density at radius 1 is 0.500 bits per heavy atom. The molecule has 0 unspecified atom stereocenters. The zero-order valence-electron chi connectivity index (χ0n) is 17.5. The van der Waals surface area contributed by atoms with Crippen LogP contribution in [0.25, 0.3) is 0 Å². The van der Waals surface area contributed by atoms with E-state index in [0.29, 0.717) is 12.8 Å². The van der Waals surface area contributed by atoms with Gasteiger partial charge in [0, 0.05) is 25.9 Å². The van der Waals surface area contributed by atoms with Crippen LogP contribution in [0.4, 0.5) is 0 Å². The number of unbranched alkanes of at least 4 members (excludes halogenated alkanes) is 11. The predicted octanol–water partition coefficient (Wildman–Crippen LogP) is 5.50. The van der Waals surface area contributed by atoms with Gasteiger partial charge in [-0.1, -0.05) is 78.1 Å². The standard InChI is InChI=1S/C22H44N2O2/c1-3-5-7-15-19-23-21(25)17-13-11-9-10-12-14-18-22(26)24-20-16-8-6-4-2/h3-20H2,1-2H3,(H,23,25)(H,24,26). The first-order chi connectivity index (χ1) is 12.7. The van der Waals surface area contributed by atoms with Gasteiger partial charge >= 0.3 is 0 Å². The van der Waals surface area contributed by atoms with Gasteiger partial charge in [0.2, 0.25) is 11.8 Å². The summed E-state index contributed by atoms with van der Waals surface area (Å²) < 4.78 is 0. The molecule has 0 radical (unpaired) electrons. The zero-order valence-corrected chi connectivity index (χ0v) is 17.5. The van der Waals surface area contributed by atoms with Crippen LogP contribution in [0, 0.1) is 0 Å². The van der Waals surface area contributed by atoms with Crippen molar-refractivity contribution in [3.8, 4) is 0 Å². The van der Waals surface area contributed by atoms with Crippen molar-refractivity contribution in [1.29, 1.82) is 0 Å². The lowest BCUT2D eigenvalue weighted by Gasteiger charge is -2.06. The largest absolute Gasteiger partial charge is 0.356 e. The number of carbonyl (C=O) groups excluding carboxylic acids is 2. The quantitative estimate of drug-likeness (QED) is 0.296. The Bertz CT molecular complexity index is 300. The molecule has 0 aromatic carbocycles. The summed E-state index contributed by atoms with van der Waals surface area (Å²) in [4.78, 5) is 23.3. The van der Waals surface area contributed by atoms with Crippen molar-refractivity contribution in [2.75, 3.05) is 13.1 Å². The van der Waals surface area contributed by atoms with Crippen molar-refractivity contribution in [1.82, 2.24) is 10.6 Å². The molecule has 26 heavy (non-hydrogen) atoms. The van der Waals surface area contributed by atoms with Gasteiger partial charge in [-0.25, -0.2) is 0 Å². The Morgan fingerprint density at radius 3 is 1.23 bits per heavy atom. The van der Waals surface area contributed by atoms with Crippen molar-refractivity contribution in [2.24, 2.45) is 0 Å². The smallest absolute Gasteiger partial charge is 0.219 e. The summed E-state index contributed by atoms with van der Waals surface area (Å²) in [6.07, 6.45) is 17.5. The fourth-order valence-corrected chi connectivity index (χ4v) is 3.01. The average Bonchev–Trinajstić information content (AvgIpc) is 2.63. The van der Waals surface area contributed by atoms with Crippen LogP contribution in [-0.4, -0.2) is 24.9 Å². The molecule has 0 rings (SSSR count). The monoisotopic (exact) mass is 368 g/mol. The van der Waals surface area contributed by atoms with E-state index in [1.54, 1.807) is 0 Å². The highest BCUT2D eigenvalue weighted by Crippen LogP contribution is 2.09. The number of rotatable bonds is 19. The molecule has 0 saturated heterocycles. The van der Waals surface area contributed by atoms with E-state index in [9.17, 15) is 9.59 Å². The molecular formula is C22H44N2O2. The van der Waals surface area contributed by atoms with E-state index in [1.165, 1.54) is 51.4 Å². The Balaban J connectivity index is 3.25. The summed E-state index contributed by atoms with van der Waals surface area (Å²) in [7, 11) is 0. The second kappa shape index (κ2) is 20.3. The summed E-state index contributed by atoms with van der Waals surface area (Å²) in [6, 6.07) is 0. The molecule has 0 bridgehead atoms. The number of hydrogen-bond donors (Lipinski definition) is 2. The zero-order chi connectivity index (χ0) is 19.3. The van der Waals surface area contributed by atoms with Crippen LogP contribution in [0.5, 0.6) is 0 Å². The van der Waals surface area contributed by atoms with E-state index >= 15 is 0 Å². The van der Waals surface area contributed by atoms with E-state index < -0.39 is 0 Å². The van der Waals surface area contributed by atoms with Gasteiger partial charge in [-0.05, 0) is 25.7 Å². The van der Waals surface area contributed by atoms with Crippen LogP contribution in [-0.2, 0) is 9.59 Å². The lowest BCUT2D eigenvalue weighted by atomic mass is 10.1. The molecular weight excluding hydrogens is 324 g/mol. The molecule has 0 aromatic rings. The Kier molecular flexibility index (Phi) is 19.4. The minimum Gasteiger partial charge on any atom is -0.356 e. The van der Waals surface area contributed by atoms with E-state index in [4.69, 9.17) is 0 Å². The molecule has 0 atom stereocenters. The van der Waals surface area contributed by atoms with Gasteiger partial charge < -0.3 is 10.6 Å². The van der Waals surface area contributed by atoms with Gasteiger partial charge in [0.25, 0.3) is 0 Å². The van der Waals surface area contributed by atoms with Gasteiger partial charge in [-0.15, -0.1) is 0 Å². The highest BCUT2D eigenvalue weighted by molar-refractivity contribution is 5.76. The third kappa shape index (κ3) is 19.3. The van der Waals surface area contributed by atoms with E-state index in [2.05, 4.69) is 24.5 Å². The molecule has 0 aliphatic rings. The van der Waals surface area contributed by atoms with Crippen molar-refractivity contribution in [2.45, 2.75) is 117 Å². The van der Waals surface area contributed by atoms with Gasteiger partial charge in [-0.3, -0.25) is 9.59 Å². The van der Waals surface area contributed by atoms with Gasteiger partial charge in [0.15, 0.2) is 0 Å². The number of nitrogens with one attached hydrogen (secondary N) is 2. The summed E-state index contributed by atoms with van der Waals surface area (Å²) in [6.45, 7) is 6.06. The number of hydrogen-bond acceptors (Lipinski definition) is 2. The summed E-state index contributed by atoms with van der Waals surface area (Å²) >= 11 is 0. The van der Waals surface area contributed by atoms with Crippen molar-refractivity contribution in [3.63, 3.8) is 0 Å². The molecule has 4 heteroatoms. The summed E-state index contributed by atoms with van der Waals surface area (Å²) in [5, 5.41) is 6.02. The minimum atomic E-state index is 0.206. The Labute approximate surface area is 162 Å². The molecule has 0 aromatic heterocycles. The second-order valence-corrected chi connectivity index (χ2v) is 7.44. The molecule has 0 aliphatic carbocycles. The highest BCUT2D eigenvalue weighted by atomic mass is 16.2. The van der Waals surface area contributed by atoms with Crippen LogP contribution in [0.1, 0.15) is 117 Å². The first-order valence-corrected chi connectivity index (χ1v) is 11.2. The molecule has 0 heterocycles. The third-order valence-corrected chi connectivity index (χ3v) is 4.76. The first-order valence-electron chi connectivity index (χ1n) is 11.2. The van der Waals surface area contributed by atoms with E-state index in [1.807, 2.05) is 0 Å². The van der Waals surface area contributed by atoms with Crippen LogP contribution in [0.3, 0.4) is 0 Å². The molecule has 0 saturated carbocycles. The topological polar surface area (TPSA) is 58.2 Å². The number of carbonyl (C=O) groups is 2. The molecule has 0 fully saturated rings. The van der Waals surface area contributed by atoms with Crippen molar-refractivity contribution >= 4 is 11.8 Å². The van der Waals surface area contributed by atoms with E-state index in [0.717, 1.165) is 51.6 Å². The average molecular weight is 369 g/mol. The highest BCUT2D eigenvalue weighted by Gasteiger charge is 2.02. The molecule has 4 nitrogen and oxygen atoms in total. The normalized spacial score (nSPS) is 10.7.